The van der Waals surface area contributed by atoms with Crippen molar-refractivity contribution in [3.8, 4) is 0 Å². The van der Waals surface area contributed by atoms with E-state index in [9.17, 15) is 9.59 Å². The summed E-state index contributed by atoms with van der Waals surface area (Å²) in [7, 11) is 3.53. The molecular weight excluding hydrogens is 268 g/mol. The van der Waals surface area contributed by atoms with Gasteiger partial charge in [0, 0.05) is 46.8 Å². The van der Waals surface area contributed by atoms with Gasteiger partial charge in [-0.25, -0.2) is 4.79 Å². The lowest BCUT2D eigenvalue weighted by Crippen LogP contribution is -2.56. The summed E-state index contributed by atoms with van der Waals surface area (Å²) in [5.74, 6) is 0.284. The predicted octanol–water partition coefficient (Wildman–Crippen LogP) is 0.592. The number of nitrogens with zero attached hydrogens (tertiary/aromatic N) is 3. The molecule has 1 atom stereocenters. The normalized spacial score (nSPS) is 26.0. The molecule has 21 heavy (non-hydrogen) atoms. The van der Waals surface area contributed by atoms with Gasteiger partial charge in [0.2, 0.25) is 5.91 Å². The highest BCUT2D eigenvalue weighted by molar-refractivity contribution is 5.84. The van der Waals surface area contributed by atoms with Crippen molar-refractivity contribution in [2.24, 2.45) is 5.41 Å². The second-order valence-electron chi connectivity index (χ2n) is 6.41. The van der Waals surface area contributed by atoms with Crippen molar-refractivity contribution in [3.63, 3.8) is 0 Å². The van der Waals surface area contributed by atoms with Gasteiger partial charge in [0.05, 0.1) is 5.41 Å². The Morgan fingerprint density at radius 1 is 1.14 bits per heavy atom. The molecule has 3 amide bonds. The van der Waals surface area contributed by atoms with Gasteiger partial charge < -0.3 is 20.0 Å². The third-order valence-corrected chi connectivity index (χ3v) is 4.65. The molecule has 2 heterocycles. The van der Waals surface area contributed by atoms with Crippen molar-refractivity contribution in [1.29, 1.82) is 0 Å². The Morgan fingerprint density at radius 3 is 2.24 bits per heavy atom. The molecule has 120 valence electrons. The molecule has 0 aromatic rings. The number of hydrogen-bond donors (Lipinski definition) is 1. The average molecular weight is 296 g/mol. The van der Waals surface area contributed by atoms with Crippen molar-refractivity contribution in [1.82, 2.24) is 20.0 Å². The lowest BCUT2D eigenvalue weighted by molar-refractivity contribution is -0.143. The van der Waals surface area contributed by atoms with Gasteiger partial charge >= 0.3 is 6.03 Å². The summed E-state index contributed by atoms with van der Waals surface area (Å²) in [6, 6.07) is 0.0351. The van der Waals surface area contributed by atoms with E-state index in [1.54, 1.807) is 19.0 Å². The van der Waals surface area contributed by atoms with E-state index in [-0.39, 0.29) is 17.4 Å². The standard InChI is InChI=1S/C15H28N4O2/c1-4-5-15(6-7-16-12-15)13(20)18-8-10-19(11-9-18)14(21)17(2)3/h16H,4-12H2,1-3H3. The van der Waals surface area contributed by atoms with Gasteiger partial charge in [-0.15, -0.1) is 0 Å². The number of hydrogen-bond acceptors (Lipinski definition) is 3. The predicted molar refractivity (Wildman–Crippen MR) is 82.1 cm³/mol. The Morgan fingerprint density at radius 2 is 1.76 bits per heavy atom. The molecule has 2 aliphatic heterocycles. The fourth-order valence-corrected chi connectivity index (χ4v) is 3.44. The van der Waals surface area contributed by atoms with Crippen LogP contribution in [0.15, 0.2) is 0 Å². The van der Waals surface area contributed by atoms with Crippen LogP contribution in [0.3, 0.4) is 0 Å². The molecule has 6 nitrogen and oxygen atoms in total. The van der Waals surface area contributed by atoms with Crippen LogP contribution in [0.4, 0.5) is 4.79 Å². The van der Waals surface area contributed by atoms with E-state index >= 15 is 0 Å². The molecule has 1 unspecified atom stereocenters. The van der Waals surface area contributed by atoms with Crippen molar-refractivity contribution >= 4 is 11.9 Å². The molecule has 2 aliphatic rings. The number of nitrogens with one attached hydrogen (secondary N) is 1. The van der Waals surface area contributed by atoms with E-state index in [1.807, 2.05) is 9.80 Å². The third-order valence-electron chi connectivity index (χ3n) is 4.65. The van der Waals surface area contributed by atoms with Crippen LogP contribution in [-0.4, -0.2) is 80.0 Å². The fourth-order valence-electron chi connectivity index (χ4n) is 3.44. The first kappa shape index (κ1) is 16.1. The maximum atomic E-state index is 12.9. The summed E-state index contributed by atoms with van der Waals surface area (Å²) in [5, 5.41) is 3.34. The van der Waals surface area contributed by atoms with E-state index in [4.69, 9.17) is 0 Å². The SMILES string of the molecule is CCCC1(C(=O)N2CCN(C(=O)N(C)C)CC2)CCNC1. The van der Waals surface area contributed by atoms with Gasteiger partial charge in [-0.05, 0) is 19.4 Å². The summed E-state index contributed by atoms with van der Waals surface area (Å²) in [6.45, 7) is 6.47. The average Bonchev–Trinajstić information content (AvgIpc) is 2.96. The quantitative estimate of drug-likeness (QED) is 0.829. The first-order chi connectivity index (χ1) is 10.00. The topological polar surface area (TPSA) is 55.9 Å². The molecule has 2 rings (SSSR count). The number of carbonyl (C=O) groups is 2. The van der Waals surface area contributed by atoms with Crippen molar-refractivity contribution < 1.29 is 9.59 Å². The zero-order chi connectivity index (χ0) is 15.5. The zero-order valence-electron chi connectivity index (χ0n) is 13.5. The maximum absolute atomic E-state index is 12.9. The van der Waals surface area contributed by atoms with E-state index < -0.39 is 0 Å². The van der Waals surface area contributed by atoms with Crippen LogP contribution in [0.2, 0.25) is 0 Å². The Kier molecular flexibility index (Phi) is 5.08. The van der Waals surface area contributed by atoms with Crippen LogP contribution >= 0.6 is 0 Å². The second kappa shape index (κ2) is 6.64. The summed E-state index contributed by atoms with van der Waals surface area (Å²) >= 11 is 0. The molecule has 6 heteroatoms. The first-order valence-electron chi connectivity index (χ1n) is 7.96. The lowest BCUT2D eigenvalue weighted by atomic mass is 9.81. The largest absolute Gasteiger partial charge is 0.339 e. The summed E-state index contributed by atoms with van der Waals surface area (Å²) in [5.41, 5.74) is -0.206. The maximum Gasteiger partial charge on any atom is 0.319 e. The molecule has 0 radical (unpaired) electrons. The minimum Gasteiger partial charge on any atom is -0.339 e. The second-order valence-corrected chi connectivity index (χ2v) is 6.41. The summed E-state index contributed by atoms with van der Waals surface area (Å²) in [6.07, 6.45) is 2.93. The van der Waals surface area contributed by atoms with Gasteiger partial charge in [-0.2, -0.15) is 0 Å². The van der Waals surface area contributed by atoms with Crippen LogP contribution in [-0.2, 0) is 4.79 Å². The fraction of sp³-hybridized carbons (Fsp3) is 0.867. The van der Waals surface area contributed by atoms with E-state index in [1.165, 1.54) is 0 Å². The highest BCUT2D eigenvalue weighted by atomic mass is 16.2. The highest BCUT2D eigenvalue weighted by Crippen LogP contribution is 2.33. The molecule has 1 N–H and O–H groups in total. The van der Waals surface area contributed by atoms with Crippen LogP contribution in [0.1, 0.15) is 26.2 Å². The minimum atomic E-state index is -0.206. The zero-order valence-corrected chi connectivity index (χ0v) is 13.5. The Balaban J connectivity index is 1.95. The van der Waals surface area contributed by atoms with Crippen molar-refractivity contribution in [2.45, 2.75) is 26.2 Å². The van der Waals surface area contributed by atoms with Crippen LogP contribution in [0, 0.1) is 5.41 Å². The Hall–Kier alpha value is -1.30. The molecule has 0 bridgehead atoms. The molecule has 2 saturated heterocycles. The minimum absolute atomic E-state index is 0.0351. The van der Waals surface area contributed by atoms with Gasteiger partial charge in [0.1, 0.15) is 0 Å². The number of amides is 3. The third kappa shape index (κ3) is 3.31. The molecule has 0 saturated carbocycles. The summed E-state index contributed by atoms with van der Waals surface area (Å²) < 4.78 is 0. The molecule has 0 aromatic carbocycles. The van der Waals surface area contributed by atoms with Crippen molar-refractivity contribution in [2.75, 3.05) is 53.4 Å². The van der Waals surface area contributed by atoms with Gasteiger partial charge in [0.15, 0.2) is 0 Å². The molecule has 2 fully saturated rings. The highest BCUT2D eigenvalue weighted by Gasteiger charge is 2.43. The van der Waals surface area contributed by atoms with Crippen LogP contribution in [0.5, 0.6) is 0 Å². The number of carbonyl (C=O) groups excluding carboxylic acids is 2. The van der Waals surface area contributed by atoms with Gasteiger partial charge in [0.25, 0.3) is 0 Å². The Bertz CT molecular complexity index is 383. The number of urea groups is 1. The van der Waals surface area contributed by atoms with Crippen LogP contribution in [0.25, 0.3) is 0 Å². The first-order valence-corrected chi connectivity index (χ1v) is 7.96. The molecule has 0 spiro atoms. The van der Waals surface area contributed by atoms with Crippen LogP contribution < -0.4 is 5.32 Å². The Labute approximate surface area is 127 Å². The molecule has 0 aromatic heterocycles. The number of piperazine rings is 1. The summed E-state index contributed by atoms with van der Waals surface area (Å²) in [4.78, 5) is 30.2. The van der Waals surface area contributed by atoms with E-state index in [0.717, 1.165) is 32.4 Å². The molecule has 0 aliphatic carbocycles. The van der Waals surface area contributed by atoms with Crippen molar-refractivity contribution in [3.05, 3.63) is 0 Å². The monoisotopic (exact) mass is 296 g/mol. The van der Waals surface area contributed by atoms with E-state index in [2.05, 4.69) is 12.2 Å². The lowest BCUT2D eigenvalue weighted by Gasteiger charge is -2.40. The molecular formula is C15H28N4O2. The van der Waals surface area contributed by atoms with Gasteiger partial charge in [-0.1, -0.05) is 13.3 Å². The smallest absolute Gasteiger partial charge is 0.319 e. The van der Waals surface area contributed by atoms with E-state index in [0.29, 0.717) is 26.2 Å². The number of rotatable bonds is 3. The van der Waals surface area contributed by atoms with Gasteiger partial charge in [-0.3, -0.25) is 4.79 Å².